The van der Waals surface area contributed by atoms with Gasteiger partial charge in [-0.1, -0.05) is 44.2 Å². The summed E-state index contributed by atoms with van der Waals surface area (Å²) in [5.41, 5.74) is 6.99. The van der Waals surface area contributed by atoms with Crippen LogP contribution in [-0.2, 0) is 29.1 Å². The van der Waals surface area contributed by atoms with Crippen molar-refractivity contribution in [2.24, 2.45) is 11.7 Å². The predicted octanol–water partition coefficient (Wildman–Crippen LogP) is 0.842. The molecule has 0 saturated heterocycles. The van der Waals surface area contributed by atoms with Crippen LogP contribution in [0.15, 0.2) is 42.7 Å². The van der Waals surface area contributed by atoms with Crippen LogP contribution < -0.4 is 16.4 Å². The van der Waals surface area contributed by atoms with Crippen molar-refractivity contribution in [3.63, 3.8) is 0 Å². The molecule has 7 heteroatoms. The summed E-state index contributed by atoms with van der Waals surface area (Å²) >= 11 is 0. The fourth-order valence-corrected chi connectivity index (χ4v) is 2.43. The van der Waals surface area contributed by atoms with Crippen LogP contribution in [0.25, 0.3) is 0 Å². The normalized spacial score (nSPS) is 12.0. The van der Waals surface area contributed by atoms with Gasteiger partial charge in [0.1, 0.15) is 5.82 Å². The van der Waals surface area contributed by atoms with E-state index in [1.165, 1.54) is 5.56 Å². The molecule has 0 bridgehead atoms. The first kappa shape index (κ1) is 19.7. The van der Waals surface area contributed by atoms with Gasteiger partial charge in [-0.3, -0.25) is 9.59 Å². The second kappa shape index (κ2) is 9.72. The third-order valence-electron chi connectivity index (χ3n) is 4.17. The maximum absolute atomic E-state index is 11.9. The van der Waals surface area contributed by atoms with Gasteiger partial charge in [0.2, 0.25) is 11.8 Å². The molecule has 0 unspecified atom stereocenters. The van der Waals surface area contributed by atoms with Gasteiger partial charge in [-0.05, 0) is 17.9 Å². The van der Waals surface area contributed by atoms with Gasteiger partial charge in [0.15, 0.2) is 0 Å². The molecule has 0 radical (unpaired) electrons. The van der Waals surface area contributed by atoms with Crippen LogP contribution in [0, 0.1) is 5.92 Å². The molecule has 26 heavy (non-hydrogen) atoms. The van der Waals surface area contributed by atoms with Gasteiger partial charge >= 0.3 is 0 Å². The Balaban J connectivity index is 1.76. The Morgan fingerprint density at radius 3 is 2.62 bits per heavy atom. The van der Waals surface area contributed by atoms with Crippen LogP contribution in [0.2, 0.25) is 0 Å². The second-order valence-corrected chi connectivity index (χ2v) is 6.54. The predicted molar refractivity (Wildman–Crippen MR) is 100 cm³/mol. The van der Waals surface area contributed by atoms with E-state index in [9.17, 15) is 9.59 Å². The van der Waals surface area contributed by atoms with E-state index in [4.69, 9.17) is 5.73 Å². The first-order valence-corrected chi connectivity index (χ1v) is 8.81. The number of carbonyl (C=O) groups excluding carboxylic acids is 2. The SMILES string of the molecule is CC(C)[C@H](N)C(=O)NCC(=O)NCc1nccn1CCc1ccccc1. The lowest BCUT2D eigenvalue weighted by Crippen LogP contribution is -2.47. The third kappa shape index (κ3) is 6.00. The topological polar surface area (TPSA) is 102 Å². The van der Waals surface area contributed by atoms with Crippen molar-refractivity contribution in [2.45, 2.75) is 39.4 Å². The number of aromatic nitrogens is 2. The lowest BCUT2D eigenvalue weighted by Gasteiger charge is -2.15. The number of imidazole rings is 1. The summed E-state index contributed by atoms with van der Waals surface area (Å²) in [6, 6.07) is 9.59. The monoisotopic (exact) mass is 357 g/mol. The van der Waals surface area contributed by atoms with E-state index >= 15 is 0 Å². The number of nitrogens with zero attached hydrogens (tertiary/aromatic N) is 2. The van der Waals surface area contributed by atoms with Crippen molar-refractivity contribution >= 4 is 11.8 Å². The van der Waals surface area contributed by atoms with Gasteiger partial charge in [-0.25, -0.2) is 4.98 Å². The van der Waals surface area contributed by atoms with Crippen molar-refractivity contribution in [1.29, 1.82) is 0 Å². The summed E-state index contributed by atoms with van der Waals surface area (Å²) < 4.78 is 2.01. The summed E-state index contributed by atoms with van der Waals surface area (Å²) in [4.78, 5) is 28.0. The molecule has 0 spiro atoms. The number of aryl methyl sites for hydroxylation is 2. The Hall–Kier alpha value is -2.67. The number of amides is 2. The van der Waals surface area contributed by atoms with Gasteiger partial charge in [0, 0.05) is 18.9 Å². The van der Waals surface area contributed by atoms with E-state index in [0.717, 1.165) is 18.8 Å². The summed E-state index contributed by atoms with van der Waals surface area (Å²) in [7, 11) is 0. The maximum atomic E-state index is 11.9. The molecule has 2 aromatic rings. The Labute approximate surface area is 154 Å². The van der Waals surface area contributed by atoms with E-state index in [1.807, 2.05) is 42.8 Å². The average Bonchev–Trinajstić information content (AvgIpc) is 3.10. The van der Waals surface area contributed by atoms with E-state index < -0.39 is 6.04 Å². The fourth-order valence-electron chi connectivity index (χ4n) is 2.43. The molecule has 1 heterocycles. The molecule has 140 valence electrons. The highest BCUT2D eigenvalue weighted by Crippen LogP contribution is 2.04. The zero-order valence-corrected chi connectivity index (χ0v) is 15.3. The molecule has 1 aromatic carbocycles. The van der Waals surface area contributed by atoms with E-state index in [1.54, 1.807) is 6.20 Å². The molecular weight excluding hydrogens is 330 g/mol. The highest BCUT2D eigenvalue weighted by atomic mass is 16.2. The first-order valence-electron chi connectivity index (χ1n) is 8.81. The highest BCUT2D eigenvalue weighted by Gasteiger charge is 2.17. The number of nitrogens with one attached hydrogen (secondary N) is 2. The third-order valence-corrected chi connectivity index (χ3v) is 4.17. The van der Waals surface area contributed by atoms with Crippen LogP contribution in [0.1, 0.15) is 25.2 Å². The highest BCUT2D eigenvalue weighted by molar-refractivity contribution is 5.87. The van der Waals surface area contributed by atoms with E-state index in [-0.39, 0.29) is 24.3 Å². The number of rotatable bonds is 9. The lowest BCUT2D eigenvalue weighted by molar-refractivity contribution is -0.127. The van der Waals surface area contributed by atoms with Crippen LogP contribution in [-0.4, -0.2) is 34.0 Å². The summed E-state index contributed by atoms with van der Waals surface area (Å²) in [6.07, 6.45) is 4.51. The van der Waals surface area contributed by atoms with Crippen LogP contribution in [0.5, 0.6) is 0 Å². The molecule has 0 aliphatic carbocycles. The van der Waals surface area contributed by atoms with Crippen LogP contribution >= 0.6 is 0 Å². The number of nitrogens with two attached hydrogens (primary N) is 1. The van der Waals surface area contributed by atoms with Gasteiger partial charge in [0.25, 0.3) is 0 Å². The molecule has 0 aliphatic heterocycles. The van der Waals surface area contributed by atoms with E-state index in [0.29, 0.717) is 6.54 Å². The van der Waals surface area contributed by atoms with E-state index in [2.05, 4.69) is 27.8 Å². The van der Waals surface area contributed by atoms with Gasteiger partial charge < -0.3 is 20.9 Å². The van der Waals surface area contributed by atoms with Crippen LogP contribution in [0.4, 0.5) is 0 Å². The number of benzene rings is 1. The summed E-state index contributed by atoms with van der Waals surface area (Å²) in [5.74, 6) is 0.209. The minimum Gasteiger partial charge on any atom is -0.347 e. The van der Waals surface area contributed by atoms with Gasteiger partial charge in [0.05, 0.1) is 19.1 Å². The Morgan fingerprint density at radius 2 is 1.92 bits per heavy atom. The summed E-state index contributed by atoms with van der Waals surface area (Å²) in [6.45, 7) is 4.73. The largest absolute Gasteiger partial charge is 0.347 e. The van der Waals surface area contributed by atoms with Crippen molar-refractivity contribution in [3.8, 4) is 0 Å². The maximum Gasteiger partial charge on any atom is 0.239 e. The Bertz CT molecular complexity index is 712. The fraction of sp³-hybridized carbons (Fsp3) is 0.421. The smallest absolute Gasteiger partial charge is 0.239 e. The molecule has 2 rings (SSSR count). The number of hydrogen-bond donors (Lipinski definition) is 3. The zero-order valence-electron chi connectivity index (χ0n) is 15.3. The van der Waals surface area contributed by atoms with Crippen molar-refractivity contribution in [3.05, 3.63) is 54.1 Å². The molecule has 2 amide bonds. The quantitative estimate of drug-likeness (QED) is 0.619. The molecule has 7 nitrogen and oxygen atoms in total. The minimum absolute atomic E-state index is 0.0233. The van der Waals surface area contributed by atoms with Gasteiger partial charge in [-0.15, -0.1) is 0 Å². The van der Waals surface area contributed by atoms with Gasteiger partial charge in [-0.2, -0.15) is 0 Å². The number of hydrogen-bond acceptors (Lipinski definition) is 4. The van der Waals surface area contributed by atoms with Crippen molar-refractivity contribution < 1.29 is 9.59 Å². The second-order valence-electron chi connectivity index (χ2n) is 6.54. The Morgan fingerprint density at radius 1 is 1.19 bits per heavy atom. The van der Waals surface area contributed by atoms with Crippen molar-refractivity contribution in [1.82, 2.24) is 20.2 Å². The standard InChI is InChI=1S/C19H27N5O2/c1-14(2)18(20)19(26)23-13-17(25)22-12-16-21-9-11-24(16)10-8-15-6-4-3-5-7-15/h3-7,9,11,14,18H,8,10,12-13,20H2,1-2H3,(H,22,25)(H,23,26)/t18-/m0/s1. The molecule has 0 saturated carbocycles. The number of carbonyl (C=O) groups is 2. The van der Waals surface area contributed by atoms with Crippen LogP contribution in [0.3, 0.4) is 0 Å². The average molecular weight is 357 g/mol. The van der Waals surface area contributed by atoms with Crippen molar-refractivity contribution in [2.75, 3.05) is 6.54 Å². The minimum atomic E-state index is -0.611. The Kier molecular flexibility index (Phi) is 7.35. The first-order chi connectivity index (χ1) is 12.5. The summed E-state index contributed by atoms with van der Waals surface area (Å²) in [5, 5.41) is 5.32. The molecule has 1 aromatic heterocycles. The molecule has 0 fully saturated rings. The molecule has 1 atom stereocenters. The molecule has 0 aliphatic rings. The molecular formula is C19H27N5O2. The lowest BCUT2D eigenvalue weighted by atomic mass is 10.1. The molecule has 4 N–H and O–H groups in total. The zero-order chi connectivity index (χ0) is 18.9.